The van der Waals surface area contributed by atoms with Gasteiger partial charge in [-0.15, -0.1) is 5.10 Å². The summed E-state index contributed by atoms with van der Waals surface area (Å²) in [6.07, 6.45) is 3.09. The Bertz CT molecular complexity index is 1320. The zero-order chi connectivity index (χ0) is 21.3. The molecule has 2 bridgehead atoms. The van der Waals surface area contributed by atoms with E-state index in [-0.39, 0.29) is 23.8 Å². The molecule has 0 amide bonds. The van der Waals surface area contributed by atoms with E-state index in [1.54, 1.807) is 13.1 Å². The molecular formula is C21H22FN7OS. The van der Waals surface area contributed by atoms with Crippen molar-refractivity contribution in [3.05, 3.63) is 28.7 Å². The molecule has 8 nitrogen and oxygen atoms in total. The second-order valence-corrected chi connectivity index (χ2v) is 9.70. The molecule has 1 aromatic carbocycles. The molecule has 4 atom stereocenters. The van der Waals surface area contributed by atoms with Crippen LogP contribution in [0, 0.1) is 24.6 Å². The van der Waals surface area contributed by atoms with Gasteiger partial charge in [-0.2, -0.15) is 9.97 Å². The third-order valence-electron chi connectivity index (χ3n) is 6.75. The predicted molar refractivity (Wildman–Crippen MR) is 117 cm³/mol. The molecule has 2 aliphatic carbocycles. The van der Waals surface area contributed by atoms with Gasteiger partial charge in [0.1, 0.15) is 16.5 Å². The van der Waals surface area contributed by atoms with E-state index >= 15 is 0 Å². The fraction of sp³-hybridized carbons (Fsp3) is 0.429. The number of fused-ring (bicyclic) bond motifs is 5. The van der Waals surface area contributed by atoms with Crippen molar-refractivity contribution < 1.29 is 9.13 Å². The first-order valence-electron chi connectivity index (χ1n) is 10.4. The summed E-state index contributed by atoms with van der Waals surface area (Å²) in [5.41, 5.74) is 9.31. The van der Waals surface area contributed by atoms with E-state index in [1.165, 1.54) is 17.4 Å². The third kappa shape index (κ3) is 2.96. The van der Waals surface area contributed by atoms with Crippen molar-refractivity contribution in [1.29, 1.82) is 0 Å². The minimum atomic E-state index is -0.302. The summed E-state index contributed by atoms with van der Waals surface area (Å²) in [6.45, 7) is 1.87. The van der Waals surface area contributed by atoms with Crippen LogP contribution in [-0.2, 0) is 0 Å². The van der Waals surface area contributed by atoms with Crippen molar-refractivity contribution in [2.75, 3.05) is 12.4 Å². The molecule has 2 saturated carbocycles. The van der Waals surface area contributed by atoms with Gasteiger partial charge < -0.3 is 20.8 Å². The lowest BCUT2D eigenvalue weighted by atomic mass is 9.83. The highest BCUT2D eigenvalue weighted by atomic mass is 32.1. The summed E-state index contributed by atoms with van der Waals surface area (Å²) in [6, 6.07) is 3.51. The maximum atomic E-state index is 14.4. The third-order valence-corrected chi connectivity index (χ3v) is 7.47. The monoisotopic (exact) mass is 439 g/mol. The van der Waals surface area contributed by atoms with E-state index in [0.717, 1.165) is 46.3 Å². The molecule has 4 N–H and O–H groups in total. The second kappa shape index (κ2) is 6.83. The Labute approximate surface area is 181 Å². The van der Waals surface area contributed by atoms with E-state index in [9.17, 15) is 4.39 Å². The van der Waals surface area contributed by atoms with Crippen LogP contribution in [0.5, 0.6) is 11.2 Å². The van der Waals surface area contributed by atoms with Gasteiger partial charge in [-0.1, -0.05) is 16.4 Å². The van der Waals surface area contributed by atoms with Gasteiger partial charge in [-0.25, -0.2) is 4.39 Å². The van der Waals surface area contributed by atoms with Crippen molar-refractivity contribution in [2.24, 2.45) is 17.6 Å². The Morgan fingerprint density at radius 3 is 2.74 bits per heavy atom. The zero-order valence-electron chi connectivity index (χ0n) is 17.1. The number of rotatable bonds is 4. The van der Waals surface area contributed by atoms with E-state index in [2.05, 4.69) is 25.5 Å². The molecule has 31 heavy (non-hydrogen) atoms. The molecule has 2 aliphatic rings. The lowest BCUT2D eigenvalue weighted by Gasteiger charge is -2.25. The lowest BCUT2D eigenvalue weighted by molar-refractivity contribution is 0.367. The van der Waals surface area contributed by atoms with Gasteiger partial charge in [0.05, 0.1) is 16.9 Å². The first-order chi connectivity index (χ1) is 15.0. The van der Waals surface area contributed by atoms with Crippen LogP contribution in [0.3, 0.4) is 0 Å². The average molecular weight is 440 g/mol. The Balaban J connectivity index is 1.56. The molecule has 0 spiro atoms. The number of H-pyrrole nitrogens is 1. The standard InChI is InChI=1S/C21H22FN7OS/c1-8-28-29-21(31-8)30-20-26-18(12-4-10-3-9(12)5-14(10)23)16-13-6-11(22)7-15(24-2)17(13)25-19(16)27-20/h6-7,9-10,12,14,24H,3-5,23H2,1-2H3,(H,25,26,27)/t9-,10-,12?,14-/m1/s1. The summed E-state index contributed by atoms with van der Waals surface area (Å²) in [4.78, 5) is 12.8. The molecule has 0 saturated heterocycles. The molecule has 2 fully saturated rings. The first kappa shape index (κ1) is 18.9. The number of hydrogen-bond acceptors (Lipinski definition) is 8. The van der Waals surface area contributed by atoms with Crippen LogP contribution < -0.4 is 15.8 Å². The SMILES string of the molecule is CNc1cc(F)cc2c1[nH]c1nc(Oc3nnc(C)s3)nc(C3C[C@H]4C[C@@H]3C[C@H]4N)c12. The Morgan fingerprint density at radius 1 is 1.19 bits per heavy atom. The van der Waals surface area contributed by atoms with Gasteiger partial charge in [-0.3, -0.25) is 0 Å². The van der Waals surface area contributed by atoms with E-state index < -0.39 is 0 Å². The van der Waals surface area contributed by atoms with Gasteiger partial charge >= 0.3 is 11.2 Å². The Hall–Kier alpha value is -2.85. The number of aromatic nitrogens is 5. The molecule has 160 valence electrons. The zero-order valence-corrected chi connectivity index (χ0v) is 18.0. The summed E-state index contributed by atoms with van der Waals surface area (Å²) in [5, 5.41) is 13.9. The largest absolute Gasteiger partial charge is 0.394 e. The summed E-state index contributed by atoms with van der Waals surface area (Å²) < 4.78 is 20.3. The normalized spacial score (nSPS) is 25.0. The highest BCUT2D eigenvalue weighted by Gasteiger charge is 2.46. The summed E-state index contributed by atoms with van der Waals surface area (Å²) >= 11 is 1.34. The van der Waals surface area contributed by atoms with Gasteiger partial charge in [0.25, 0.3) is 0 Å². The molecule has 4 aromatic rings. The smallest absolute Gasteiger partial charge is 0.326 e. The van der Waals surface area contributed by atoms with Crippen molar-refractivity contribution in [1.82, 2.24) is 25.1 Å². The fourth-order valence-corrected chi connectivity index (χ4v) is 5.97. The molecule has 1 unspecified atom stereocenters. The maximum Gasteiger partial charge on any atom is 0.326 e. The van der Waals surface area contributed by atoms with Crippen LogP contribution in [0.1, 0.15) is 35.9 Å². The number of anilines is 1. The van der Waals surface area contributed by atoms with Gasteiger partial charge in [0, 0.05) is 29.8 Å². The maximum absolute atomic E-state index is 14.4. The number of halogens is 1. The number of nitrogens with two attached hydrogens (primary N) is 1. The number of benzene rings is 1. The van der Waals surface area contributed by atoms with Crippen LogP contribution in [-0.4, -0.2) is 38.2 Å². The Morgan fingerprint density at radius 2 is 2.06 bits per heavy atom. The van der Waals surface area contributed by atoms with E-state index in [4.69, 9.17) is 15.5 Å². The van der Waals surface area contributed by atoms with Crippen LogP contribution in [0.25, 0.3) is 21.9 Å². The second-order valence-electron chi connectivity index (χ2n) is 8.55. The van der Waals surface area contributed by atoms with Crippen LogP contribution in [0.4, 0.5) is 10.1 Å². The molecule has 0 radical (unpaired) electrons. The number of ether oxygens (including phenoxy) is 1. The average Bonchev–Trinajstić information content (AvgIpc) is 3.50. The quantitative estimate of drug-likeness (QED) is 0.439. The van der Waals surface area contributed by atoms with Crippen molar-refractivity contribution >= 4 is 39.0 Å². The highest BCUT2D eigenvalue weighted by molar-refractivity contribution is 7.13. The lowest BCUT2D eigenvalue weighted by Crippen LogP contribution is -2.29. The minimum absolute atomic E-state index is 0.226. The highest BCUT2D eigenvalue weighted by Crippen LogP contribution is 2.53. The predicted octanol–water partition coefficient (Wildman–Crippen LogP) is 4.08. The first-order valence-corrected chi connectivity index (χ1v) is 11.3. The molecule has 6 rings (SSSR count). The van der Waals surface area contributed by atoms with E-state index in [0.29, 0.717) is 28.4 Å². The fourth-order valence-electron chi connectivity index (χ4n) is 5.43. The molecular weight excluding hydrogens is 417 g/mol. The molecule has 0 aliphatic heterocycles. The molecule has 10 heteroatoms. The van der Waals surface area contributed by atoms with Gasteiger partial charge in [0.2, 0.25) is 0 Å². The Kier molecular flexibility index (Phi) is 4.16. The van der Waals surface area contributed by atoms with E-state index in [1.807, 2.05) is 6.92 Å². The number of aryl methyl sites for hydroxylation is 1. The van der Waals surface area contributed by atoms with Crippen LogP contribution in [0.15, 0.2) is 12.1 Å². The number of nitrogens with zero attached hydrogens (tertiary/aromatic N) is 4. The van der Waals surface area contributed by atoms with Crippen molar-refractivity contribution in [3.63, 3.8) is 0 Å². The summed E-state index contributed by atoms with van der Waals surface area (Å²) in [5.74, 6) is 0.916. The molecule has 3 aromatic heterocycles. The number of nitrogens with one attached hydrogen (secondary N) is 2. The minimum Gasteiger partial charge on any atom is -0.394 e. The number of aromatic amines is 1. The molecule has 3 heterocycles. The topological polar surface area (TPSA) is 115 Å². The van der Waals surface area contributed by atoms with Crippen LogP contribution in [0.2, 0.25) is 0 Å². The van der Waals surface area contributed by atoms with Gasteiger partial charge in [-0.05, 0) is 50.2 Å². The van der Waals surface area contributed by atoms with Crippen molar-refractivity contribution in [2.45, 2.75) is 38.1 Å². The van der Waals surface area contributed by atoms with Crippen molar-refractivity contribution in [3.8, 4) is 11.2 Å². The van der Waals surface area contributed by atoms with Gasteiger partial charge in [0.15, 0.2) is 0 Å². The summed E-state index contributed by atoms with van der Waals surface area (Å²) in [7, 11) is 1.77. The number of hydrogen-bond donors (Lipinski definition) is 3. The van der Waals surface area contributed by atoms with Crippen LogP contribution >= 0.6 is 11.3 Å².